The molecule has 0 N–H and O–H groups in total. The highest BCUT2D eigenvalue weighted by Crippen LogP contribution is 2.30. The molecule has 0 radical (unpaired) electrons. The zero-order chi connectivity index (χ0) is 22.1. The molecule has 1 amide bonds. The number of carbonyl (C=O) groups is 1. The lowest BCUT2D eigenvalue weighted by Crippen LogP contribution is -2.48. The molecule has 1 saturated heterocycles. The Bertz CT molecular complexity index is 1340. The minimum atomic E-state index is -0.230. The first-order valence-corrected chi connectivity index (χ1v) is 11.7. The number of nitrogens with zero attached hydrogens (tertiary/aromatic N) is 2. The molecule has 2 aromatic carbocycles. The zero-order valence-corrected chi connectivity index (χ0v) is 18.9. The third-order valence-corrected chi connectivity index (χ3v) is 7.01. The van der Waals surface area contributed by atoms with Crippen molar-refractivity contribution in [2.75, 3.05) is 26.2 Å². The maximum atomic E-state index is 12.9. The van der Waals surface area contributed by atoms with Gasteiger partial charge in [-0.15, -0.1) is 11.3 Å². The number of fused-ring (bicyclic) bond motifs is 1. The molecule has 0 saturated carbocycles. The van der Waals surface area contributed by atoms with Crippen LogP contribution in [-0.4, -0.2) is 41.9 Å². The number of halogens is 1. The Morgan fingerprint density at radius 2 is 1.78 bits per heavy atom. The van der Waals surface area contributed by atoms with Gasteiger partial charge in [-0.2, -0.15) is 0 Å². The maximum absolute atomic E-state index is 12.9. The van der Waals surface area contributed by atoms with E-state index < -0.39 is 0 Å². The van der Waals surface area contributed by atoms with Crippen LogP contribution in [0.1, 0.15) is 15.4 Å². The highest BCUT2D eigenvalue weighted by atomic mass is 35.5. The Hall–Kier alpha value is -2.93. The van der Waals surface area contributed by atoms with Gasteiger partial charge in [-0.3, -0.25) is 14.5 Å². The van der Waals surface area contributed by atoms with E-state index in [1.165, 1.54) is 15.8 Å². The number of benzene rings is 2. The van der Waals surface area contributed by atoms with Crippen LogP contribution in [0.5, 0.6) is 0 Å². The van der Waals surface area contributed by atoms with Gasteiger partial charge < -0.3 is 9.32 Å². The van der Waals surface area contributed by atoms with Crippen LogP contribution < -0.4 is 5.43 Å². The van der Waals surface area contributed by atoms with Gasteiger partial charge in [-0.1, -0.05) is 35.9 Å². The van der Waals surface area contributed by atoms with Gasteiger partial charge in [-0.25, -0.2) is 0 Å². The molecule has 5 nitrogen and oxygen atoms in total. The molecular weight excluding hydrogens is 444 g/mol. The summed E-state index contributed by atoms with van der Waals surface area (Å²) in [5.74, 6) is -0.126. The van der Waals surface area contributed by atoms with Crippen molar-refractivity contribution < 1.29 is 9.21 Å². The second kappa shape index (κ2) is 8.90. The summed E-state index contributed by atoms with van der Waals surface area (Å²) in [7, 11) is 0. The van der Waals surface area contributed by atoms with Crippen molar-refractivity contribution in [3.63, 3.8) is 0 Å². The number of carbonyl (C=O) groups excluding carboxylic acids is 1. The topological polar surface area (TPSA) is 53.8 Å². The van der Waals surface area contributed by atoms with Crippen LogP contribution in [0.2, 0.25) is 5.02 Å². The van der Waals surface area contributed by atoms with Gasteiger partial charge in [0, 0.05) is 53.6 Å². The summed E-state index contributed by atoms with van der Waals surface area (Å²) in [6.07, 6.45) is 0. The fourth-order valence-electron chi connectivity index (χ4n) is 3.95. The molecule has 1 aliphatic heterocycles. The summed E-state index contributed by atoms with van der Waals surface area (Å²) in [5.41, 5.74) is 1.37. The molecule has 0 unspecified atom stereocenters. The van der Waals surface area contributed by atoms with Crippen molar-refractivity contribution in [2.45, 2.75) is 6.54 Å². The van der Waals surface area contributed by atoms with Crippen LogP contribution in [0.3, 0.4) is 0 Å². The van der Waals surface area contributed by atoms with Crippen molar-refractivity contribution in [1.82, 2.24) is 9.80 Å². The molecular formula is C25H21ClN2O3S. The number of para-hydroxylation sites is 1. The van der Waals surface area contributed by atoms with Gasteiger partial charge in [0.05, 0.1) is 5.39 Å². The average Bonchev–Trinajstić information content (AvgIpc) is 3.28. The van der Waals surface area contributed by atoms with Crippen molar-refractivity contribution in [1.29, 1.82) is 0 Å². The van der Waals surface area contributed by atoms with E-state index in [0.717, 1.165) is 30.2 Å². The quantitative estimate of drug-likeness (QED) is 0.420. The second-order valence-electron chi connectivity index (χ2n) is 7.82. The minimum Gasteiger partial charge on any atom is -0.451 e. The van der Waals surface area contributed by atoms with Gasteiger partial charge in [0.1, 0.15) is 5.58 Å². The van der Waals surface area contributed by atoms with Crippen LogP contribution in [-0.2, 0) is 6.54 Å². The van der Waals surface area contributed by atoms with E-state index in [1.54, 1.807) is 40.5 Å². The average molecular weight is 465 g/mol. The van der Waals surface area contributed by atoms with E-state index in [4.69, 9.17) is 16.0 Å². The highest BCUT2D eigenvalue weighted by molar-refractivity contribution is 7.15. The molecule has 0 aliphatic carbocycles. The smallest absolute Gasteiger partial charge is 0.289 e. The number of thiophene rings is 1. The van der Waals surface area contributed by atoms with Gasteiger partial charge in [0.15, 0.2) is 11.2 Å². The van der Waals surface area contributed by atoms with E-state index in [0.29, 0.717) is 24.1 Å². The molecule has 1 aliphatic rings. The van der Waals surface area contributed by atoms with Gasteiger partial charge in [-0.05, 0) is 42.0 Å². The molecule has 0 atom stereocenters. The first kappa shape index (κ1) is 20.9. The lowest BCUT2D eigenvalue weighted by Gasteiger charge is -2.34. The van der Waals surface area contributed by atoms with E-state index >= 15 is 0 Å². The predicted octanol–water partition coefficient (Wildman–Crippen LogP) is 5.13. The third-order valence-electron chi connectivity index (χ3n) is 5.66. The largest absolute Gasteiger partial charge is 0.451 e. The molecule has 1 fully saturated rings. The lowest BCUT2D eigenvalue weighted by molar-refractivity contribution is 0.0599. The Kier molecular flexibility index (Phi) is 5.83. The van der Waals surface area contributed by atoms with E-state index in [1.807, 2.05) is 18.2 Å². The number of hydrogen-bond donors (Lipinski definition) is 0. The summed E-state index contributed by atoms with van der Waals surface area (Å²) < 4.78 is 5.72. The molecule has 0 bridgehead atoms. The van der Waals surface area contributed by atoms with E-state index in [-0.39, 0.29) is 17.1 Å². The SMILES string of the molecule is O=C(c1cc(=O)c2ccccc2o1)N1CCN(Cc2ccc(-c3cccc(Cl)c3)s2)CC1. The number of rotatable bonds is 4. The monoisotopic (exact) mass is 464 g/mol. The normalized spacial score (nSPS) is 14.7. The molecule has 4 aromatic rings. The summed E-state index contributed by atoms with van der Waals surface area (Å²) in [6, 6.07) is 20.5. The van der Waals surface area contributed by atoms with E-state index in [9.17, 15) is 9.59 Å². The Morgan fingerprint density at radius 1 is 0.969 bits per heavy atom. The fraction of sp³-hybridized carbons (Fsp3) is 0.200. The highest BCUT2D eigenvalue weighted by Gasteiger charge is 2.24. The Balaban J connectivity index is 1.22. The Morgan fingerprint density at radius 3 is 2.59 bits per heavy atom. The zero-order valence-electron chi connectivity index (χ0n) is 17.3. The first-order chi connectivity index (χ1) is 15.6. The molecule has 2 aromatic heterocycles. The number of hydrogen-bond acceptors (Lipinski definition) is 5. The summed E-state index contributed by atoms with van der Waals surface area (Å²) >= 11 is 7.88. The van der Waals surface area contributed by atoms with Crippen molar-refractivity contribution in [2.24, 2.45) is 0 Å². The van der Waals surface area contributed by atoms with Crippen molar-refractivity contribution in [3.05, 3.63) is 92.6 Å². The standard InChI is InChI=1S/C25H21ClN2O3S/c26-18-5-3-4-17(14-18)24-9-8-19(32-24)16-27-10-12-28(13-11-27)25(30)23-15-21(29)20-6-1-2-7-22(20)31-23/h1-9,14-15H,10-13,16H2. The van der Waals surface area contributed by atoms with Crippen molar-refractivity contribution >= 4 is 39.8 Å². The molecule has 3 heterocycles. The first-order valence-electron chi connectivity index (χ1n) is 10.5. The number of amides is 1. The Labute approximate surface area is 194 Å². The molecule has 32 heavy (non-hydrogen) atoms. The number of piperazine rings is 1. The van der Waals surface area contributed by atoms with Crippen molar-refractivity contribution in [3.8, 4) is 10.4 Å². The fourth-order valence-corrected chi connectivity index (χ4v) is 5.19. The van der Waals surface area contributed by atoms with Gasteiger partial charge >= 0.3 is 0 Å². The van der Waals surface area contributed by atoms with Crippen LogP contribution in [0.4, 0.5) is 0 Å². The molecule has 5 rings (SSSR count). The van der Waals surface area contributed by atoms with Gasteiger partial charge in [0.25, 0.3) is 5.91 Å². The van der Waals surface area contributed by atoms with E-state index in [2.05, 4.69) is 23.1 Å². The summed E-state index contributed by atoms with van der Waals surface area (Å²) in [6.45, 7) is 3.59. The van der Waals surface area contributed by atoms with Crippen LogP contribution in [0.15, 0.2) is 75.9 Å². The molecule has 162 valence electrons. The van der Waals surface area contributed by atoms with Crippen LogP contribution >= 0.6 is 22.9 Å². The van der Waals surface area contributed by atoms with Gasteiger partial charge in [0.2, 0.25) is 0 Å². The second-order valence-corrected chi connectivity index (χ2v) is 9.42. The third kappa shape index (κ3) is 4.35. The van der Waals surface area contributed by atoms with Crippen LogP contribution in [0, 0.1) is 0 Å². The minimum absolute atomic E-state index is 0.103. The molecule has 0 spiro atoms. The maximum Gasteiger partial charge on any atom is 0.289 e. The molecule has 7 heteroatoms. The van der Waals surface area contributed by atoms with Crippen LogP contribution in [0.25, 0.3) is 21.4 Å². The lowest BCUT2D eigenvalue weighted by atomic mass is 10.2. The summed E-state index contributed by atoms with van der Waals surface area (Å²) in [5, 5.41) is 1.22. The summed E-state index contributed by atoms with van der Waals surface area (Å²) in [4.78, 5) is 31.8. The predicted molar refractivity (Wildman–Crippen MR) is 128 cm³/mol.